The Morgan fingerprint density at radius 1 is 1.50 bits per heavy atom. The maximum absolute atomic E-state index is 12.0. The third-order valence-corrected chi connectivity index (χ3v) is 3.55. The monoisotopic (exact) mass is 250 g/mol. The molecule has 2 heterocycles. The molecule has 2 aliphatic rings. The number of aromatic amines is 1. The zero-order valence-electron chi connectivity index (χ0n) is 10.5. The molecule has 1 saturated carbocycles. The van der Waals surface area contributed by atoms with E-state index in [9.17, 15) is 4.79 Å². The molecule has 1 saturated heterocycles. The number of hydrogen-bond acceptors (Lipinski definition) is 4. The first-order valence-electron chi connectivity index (χ1n) is 6.59. The summed E-state index contributed by atoms with van der Waals surface area (Å²) >= 11 is 0. The second-order valence-electron chi connectivity index (χ2n) is 5.13. The lowest BCUT2D eigenvalue weighted by Gasteiger charge is -2.18. The van der Waals surface area contributed by atoms with Crippen LogP contribution in [0.25, 0.3) is 0 Å². The number of rotatable bonds is 4. The molecule has 0 radical (unpaired) electrons. The minimum atomic E-state index is -0.221. The van der Waals surface area contributed by atoms with Crippen molar-refractivity contribution in [3.05, 3.63) is 11.6 Å². The summed E-state index contributed by atoms with van der Waals surface area (Å²) in [5.74, 6) is 1.34. The maximum Gasteiger partial charge on any atom is 0.291 e. The molecule has 0 bridgehead atoms. The van der Waals surface area contributed by atoms with Gasteiger partial charge in [0.05, 0.1) is 12.1 Å². The van der Waals surface area contributed by atoms with Crippen LogP contribution < -0.4 is 5.32 Å². The van der Waals surface area contributed by atoms with E-state index in [4.69, 9.17) is 4.74 Å². The van der Waals surface area contributed by atoms with Crippen molar-refractivity contribution < 1.29 is 9.53 Å². The van der Waals surface area contributed by atoms with Crippen molar-refractivity contribution >= 4 is 5.91 Å². The van der Waals surface area contributed by atoms with Crippen LogP contribution in [0.5, 0.6) is 0 Å². The third kappa shape index (κ3) is 2.38. The molecule has 18 heavy (non-hydrogen) atoms. The van der Waals surface area contributed by atoms with Crippen molar-refractivity contribution in [2.24, 2.45) is 0 Å². The first-order chi connectivity index (χ1) is 8.74. The van der Waals surface area contributed by atoms with Crippen molar-refractivity contribution in [2.45, 2.75) is 50.7 Å². The molecule has 98 valence electrons. The van der Waals surface area contributed by atoms with E-state index in [1.165, 1.54) is 0 Å². The number of aromatic nitrogens is 3. The van der Waals surface area contributed by atoms with E-state index < -0.39 is 0 Å². The summed E-state index contributed by atoms with van der Waals surface area (Å²) in [4.78, 5) is 16.2. The van der Waals surface area contributed by atoms with Gasteiger partial charge < -0.3 is 10.1 Å². The highest BCUT2D eigenvalue weighted by atomic mass is 16.5. The SMILES string of the molecule is CC(NC(=O)c1n[nH]c(C2CC2)n1)C1CCCO1. The van der Waals surface area contributed by atoms with Gasteiger partial charge in [-0.3, -0.25) is 9.89 Å². The lowest BCUT2D eigenvalue weighted by Crippen LogP contribution is -2.41. The fourth-order valence-electron chi connectivity index (χ4n) is 2.28. The van der Waals surface area contributed by atoms with Gasteiger partial charge in [0, 0.05) is 12.5 Å². The molecule has 1 aliphatic heterocycles. The molecule has 1 aliphatic carbocycles. The first-order valence-corrected chi connectivity index (χ1v) is 6.59. The van der Waals surface area contributed by atoms with Crippen molar-refractivity contribution in [2.75, 3.05) is 6.61 Å². The molecule has 2 atom stereocenters. The Morgan fingerprint density at radius 2 is 2.33 bits per heavy atom. The van der Waals surface area contributed by atoms with E-state index >= 15 is 0 Å². The van der Waals surface area contributed by atoms with Crippen LogP contribution in [0.3, 0.4) is 0 Å². The number of nitrogens with zero attached hydrogens (tertiary/aromatic N) is 2. The van der Waals surface area contributed by atoms with Crippen LogP contribution in [0.2, 0.25) is 0 Å². The van der Waals surface area contributed by atoms with Gasteiger partial charge in [-0.1, -0.05) is 0 Å². The molecule has 2 fully saturated rings. The summed E-state index contributed by atoms with van der Waals surface area (Å²) in [5.41, 5.74) is 0. The van der Waals surface area contributed by atoms with Crippen LogP contribution in [0.4, 0.5) is 0 Å². The molecular weight excluding hydrogens is 232 g/mol. The van der Waals surface area contributed by atoms with Crippen LogP contribution in [-0.4, -0.2) is 39.8 Å². The molecule has 0 aromatic carbocycles. The Balaban J connectivity index is 1.59. The molecule has 6 nitrogen and oxygen atoms in total. The zero-order chi connectivity index (χ0) is 12.5. The second kappa shape index (κ2) is 4.68. The first kappa shape index (κ1) is 11.6. The predicted molar refractivity (Wildman–Crippen MR) is 64.3 cm³/mol. The van der Waals surface area contributed by atoms with Crippen molar-refractivity contribution in [1.29, 1.82) is 0 Å². The maximum atomic E-state index is 12.0. The minimum Gasteiger partial charge on any atom is -0.376 e. The van der Waals surface area contributed by atoms with E-state index in [0.717, 1.165) is 38.1 Å². The molecule has 2 N–H and O–H groups in total. The van der Waals surface area contributed by atoms with Gasteiger partial charge >= 0.3 is 0 Å². The van der Waals surface area contributed by atoms with Crippen molar-refractivity contribution in [1.82, 2.24) is 20.5 Å². The standard InChI is InChI=1S/C12H18N4O2/c1-7(9-3-2-6-18-9)13-12(17)11-14-10(15-16-11)8-4-5-8/h7-9H,2-6H2,1H3,(H,13,17)(H,14,15,16). The minimum absolute atomic E-state index is 0.00266. The summed E-state index contributed by atoms with van der Waals surface area (Å²) in [7, 11) is 0. The van der Waals surface area contributed by atoms with Crippen LogP contribution >= 0.6 is 0 Å². The van der Waals surface area contributed by atoms with Crippen molar-refractivity contribution in [3.63, 3.8) is 0 Å². The van der Waals surface area contributed by atoms with E-state index in [2.05, 4.69) is 20.5 Å². The van der Waals surface area contributed by atoms with Gasteiger partial charge in [-0.15, -0.1) is 5.10 Å². The average Bonchev–Trinajstić information content (AvgIpc) is 2.91. The number of carbonyl (C=O) groups is 1. The molecule has 1 aromatic heterocycles. The topological polar surface area (TPSA) is 79.9 Å². The van der Waals surface area contributed by atoms with Gasteiger partial charge in [0.1, 0.15) is 5.82 Å². The molecule has 0 spiro atoms. The number of H-pyrrole nitrogens is 1. The Morgan fingerprint density at radius 3 is 3.00 bits per heavy atom. The average molecular weight is 250 g/mol. The van der Waals surface area contributed by atoms with Crippen LogP contribution in [0.1, 0.15) is 55.0 Å². The summed E-state index contributed by atoms with van der Waals surface area (Å²) in [5, 5.41) is 9.71. The second-order valence-corrected chi connectivity index (χ2v) is 5.13. The van der Waals surface area contributed by atoms with Crippen LogP contribution in [0.15, 0.2) is 0 Å². The van der Waals surface area contributed by atoms with E-state index in [-0.39, 0.29) is 23.9 Å². The Labute approximate surface area is 106 Å². The summed E-state index contributed by atoms with van der Waals surface area (Å²) in [6.07, 6.45) is 4.47. The molecule has 2 unspecified atom stereocenters. The number of amides is 1. The number of carbonyl (C=O) groups excluding carboxylic acids is 1. The number of ether oxygens (including phenoxy) is 1. The van der Waals surface area contributed by atoms with Gasteiger partial charge in [0.25, 0.3) is 5.91 Å². The zero-order valence-corrected chi connectivity index (χ0v) is 10.5. The van der Waals surface area contributed by atoms with E-state index in [0.29, 0.717) is 5.92 Å². The lowest BCUT2D eigenvalue weighted by atomic mass is 10.1. The summed E-state index contributed by atoms with van der Waals surface area (Å²) in [6, 6.07) is 0.00266. The number of nitrogens with one attached hydrogen (secondary N) is 2. The van der Waals surface area contributed by atoms with Gasteiger partial charge in [-0.2, -0.15) is 0 Å². The van der Waals surface area contributed by atoms with Gasteiger partial charge in [0.15, 0.2) is 0 Å². The summed E-state index contributed by atoms with van der Waals surface area (Å²) < 4.78 is 5.54. The predicted octanol–water partition coefficient (Wildman–Crippen LogP) is 0.979. The van der Waals surface area contributed by atoms with Crippen LogP contribution in [-0.2, 0) is 4.74 Å². The van der Waals surface area contributed by atoms with Gasteiger partial charge in [-0.25, -0.2) is 4.98 Å². The largest absolute Gasteiger partial charge is 0.376 e. The van der Waals surface area contributed by atoms with Gasteiger partial charge in [0.2, 0.25) is 5.82 Å². The molecule has 6 heteroatoms. The van der Waals surface area contributed by atoms with Crippen LogP contribution in [0, 0.1) is 0 Å². The van der Waals surface area contributed by atoms with E-state index in [1.54, 1.807) is 0 Å². The lowest BCUT2D eigenvalue weighted by molar-refractivity contribution is 0.0706. The van der Waals surface area contributed by atoms with Crippen molar-refractivity contribution in [3.8, 4) is 0 Å². The quantitative estimate of drug-likeness (QED) is 0.834. The third-order valence-electron chi connectivity index (χ3n) is 3.55. The Hall–Kier alpha value is -1.43. The normalized spacial score (nSPS) is 25.1. The molecule has 1 amide bonds. The highest BCUT2D eigenvalue weighted by molar-refractivity contribution is 5.90. The van der Waals surface area contributed by atoms with E-state index in [1.807, 2.05) is 6.92 Å². The van der Waals surface area contributed by atoms with Gasteiger partial charge in [-0.05, 0) is 32.6 Å². The Kier molecular flexibility index (Phi) is 3.03. The number of hydrogen-bond donors (Lipinski definition) is 2. The Bertz CT molecular complexity index is 435. The summed E-state index contributed by atoms with van der Waals surface area (Å²) in [6.45, 7) is 2.75. The smallest absolute Gasteiger partial charge is 0.291 e. The fourth-order valence-corrected chi connectivity index (χ4v) is 2.28. The highest BCUT2D eigenvalue weighted by Gasteiger charge is 2.29. The highest BCUT2D eigenvalue weighted by Crippen LogP contribution is 2.37. The molecule has 1 aromatic rings. The fraction of sp³-hybridized carbons (Fsp3) is 0.750. The molecular formula is C12H18N4O2. The molecule has 3 rings (SSSR count).